The van der Waals surface area contributed by atoms with Gasteiger partial charge < -0.3 is 5.32 Å². The summed E-state index contributed by atoms with van der Waals surface area (Å²) in [6.07, 6.45) is 5.53. The molecule has 1 N–H and O–H groups in total. The van der Waals surface area contributed by atoms with Crippen LogP contribution in [0.2, 0.25) is 0 Å². The van der Waals surface area contributed by atoms with Gasteiger partial charge in [0.2, 0.25) is 5.91 Å². The molecule has 0 aromatic rings. The lowest BCUT2D eigenvalue weighted by Gasteiger charge is -2.27. The zero-order chi connectivity index (χ0) is 13.2. The van der Waals surface area contributed by atoms with Crippen LogP contribution >= 0.6 is 0 Å². The maximum atomic E-state index is 11.9. The van der Waals surface area contributed by atoms with Crippen molar-refractivity contribution in [2.24, 2.45) is 11.8 Å². The molecule has 4 nitrogen and oxygen atoms in total. The fraction of sp³-hybridized carbons (Fsp3) is 0.923. The molecule has 0 bridgehead atoms. The van der Waals surface area contributed by atoms with Gasteiger partial charge in [0.25, 0.3) is 0 Å². The minimum absolute atomic E-state index is 0.0386. The number of carbonyl (C=O) groups excluding carboxylic acids is 1. The fourth-order valence-electron chi connectivity index (χ4n) is 2.99. The van der Waals surface area contributed by atoms with Crippen LogP contribution in [0, 0.1) is 11.8 Å². The first-order valence-corrected chi connectivity index (χ1v) is 8.76. The molecule has 0 spiro atoms. The highest BCUT2D eigenvalue weighted by molar-refractivity contribution is 7.91. The van der Waals surface area contributed by atoms with Crippen LogP contribution < -0.4 is 5.32 Å². The van der Waals surface area contributed by atoms with E-state index in [0.29, 0.717) is 18.9 Å². The lowest BCUT2D eigenvalue weighted by molar-refractivity contribution is -0.122. The second-order valence-electron chi connectivity index (χ2n) is 6.00. The van der Waals surface area contributed by atoms with E-state index in [1.165, 1.54) is 12.8 Å². The normalized spacial score (nSPS) is 35.3. The summed E-state index contributed by atoms with van der Waals surface area (Å²) in [6.45, 7) is 2.25. The van der Waals surface area contributed by atoms with Gasteiger partial charge in [-0.3, -0.25) is 4.79 Å². The number of hydrogen-bond acceptors (Lipinski definition) is 3. The van der Waals surface area contributed by atoms with Crippen molar-refractivity contribution in [3.63, 3.8) is 0 Å². The van der Waals surface area contributed by atoms with Gasteiger partial charge in [-0.05, 0) is 43.9 Å². The number of hydrogen-bond donors (Lipinski definition) is 1. The SMILES string of the molecule is CC1CCC(NC(=O)CC2CCS(=O)(=O)C2)CC1. The summed E-state index contributed by atoms with van der Waals surface area (Å²) in [6, 6.07) is 0.312. The van der Waals surface area contributed by atoms with Crippen molar-refractivity contribution in [3.8, 4) is 0 Å². The van der Waals surface area contributed by atoms with Gasteiger partial charge in [0.15, 0.2) is 9.84 Å². The van der Waals surface area contributed by atoms with E-state index < -0.39 is 9.84 Å². The zero-order valence-electron chi connectivity index (χ0n) is 11.0. The lowest BCUT2D eigenvalue weighted by atomic mass is 9.87. The van der Waals surface area contributed by atoms with Crippen LogP contribution in [0.4, 0.5) is 0 Å². The molecule has 0 aromatic heterocycles. The number of nitrogens with one attached hydrogen (secondary N) is 1. The molecule has 1 atom stereocenters. The van der Waals surface area contributed by atoms with Crippen molar-refractivity contribution < 1.29 is 13.2 Å². The maximum Gasteiger partial charge on any atom is 0.220 e. The first-order chi connectivity index (χ1) is 8.44. The van der Waals surface area contributed by atoms with E-state index in [0.717, 1.165) is 18.8 Å². The smallest absolute Gasteiger partial charge is 0.220 e. The summed E-state index contributed by atoms with van der Waals surface area (Å²) < 4.78 is 22.6. The summed E-state index contributed by atoms with van der Waals surface area (Å²) in [5.74, 6) is 1.31. The van der Waals surface area contributed by atoms with Crippen LogP contribution in [0.15, 0.2) is 0 Å². The van der Waals surface area contributed by atoms with Gasteiger partial charge in [-0.25, -0.2) is 8.42 Å². The van der Waals surface area contributed by atoms with Gasteiger partial charge in [-0.1, -0.05) is 6.92 Å². The van der Waals surface area contributed by atoms with Crippen molar-refractivity contribution >= 4 is 15.7 Å². The van der Waals surface area contributed by atoms with E-state index in [1.807, 2.05) is 0 Å². The first kappa shape index (κ1) is 13.8. The molecule has 5 heteroatoms. The van der Waals surface area contributed by atoms with Gasteiger partial charge in [0.1, 0.15) is 0 Å². The Morgan fingerprint density at radius 3 is 2.39 bits per heavy atom. The Morgan fingerprint density at radius 1 is 1.17 bits per heavy atom. The van der Waals surface area contributed by atoms with Crippen LogP contribution in [0.5, 0.6) is 0 Å². The molecule has 0 aromatic carbocycles. The average molecular weight is 273 g/mol. The summed E-state index contributed by atoms with van der Waals surface area (Å²) in [5, 5.41) is 3.06. The predicted octanol–water partition coefficient (Wildman–Crippen LogP) is 1.51. The van der Waals surface area contributed by atoms with E-state index in [9.17, 15) is 13.2 Å². The van der Waals surface area contributed by atoms with E-state index in [1.54, 1.807) is 0 Å². The topological polar surface area (TPSA) is 63.2 Å². The van der Waals surface area contributed by atoms with Crippen LogP contribution in [0.3, 0.4) is 0 Å². The Hall–Kier alpha value is -0.580. The Bertz CT molecular complexity index is 396. The molecule has 2 fully saturated rings. The highest BCUT2D eigenvalue weighted by atomic mass is 32.2. The molecule has 1 unspecified atom stereocenters. The van der Waals surface area contributed by atoms with Crippen LogP contribution in [-0.4, -0.2) is 31.9 Å². The molecule has 1 aliphatic heterocycles. The highest BCUT2D eigenvalue weighted by Gasteiger charge is 2.30. The molecule has 18 heavy (non-hydrogen) atoms. The quantitative estimate of drug-likeness (QED) is 0.847. The third-order valence-electron chi connectivity index (χ3n) is 4.18. The zero-order valence-corrected chi connectivity index (χ0v) is 11.8. The molecule has 1 saturated carbocycles. The van der Waals surface area contributed by atoms with Gasteiger partial charge >= 0.3 is 0 Å². The number of amides is 1. The number of sulfone groups is 1. The van der Waals surface area contributed by atoms with E-state index in [4.69, 9.17) is 0 Å². The van der Waals surface area contributed by atoms with Crippen molar-refractivity contribution in [2.75, 3.05) is 11.5 Å². The standard InChI is InChI=1S/C13H23NO3S/c1-10-2-4-12(5-3-10)14-13(15)8-11-6-7-18(16,17)9-11/h10-12H,2-9H2,1H3,(H,14,15). The molecular weight excluding hydrogens is 250 g/mol. The Kier molecular flexibility index (Phi) is 4.30. The molecule has 1 heterocycles. The van der Waals surface area contributed by atoms with Gasteiger partial charge in [-0.2, -0.15) is 0 Å². The van der Waals surface area contributed by atoms with Crippen LogP contribution in [-0.2, 0) is 14.6 Å². The second kappa shape index (κ2) is 5.59. The van der Waals surface area contributed by atoms with Gasteiger partial charge in [-0.15, -0.1) is 0 Å². The summed E-state index contributed by atoms with van der Waals surface area (Å²) in [4.78, 5) is 11.9. The lowest BCUT2D eigenvalue weighted by Crippen LogP contribution is -2.38. The molecular formula is C13H23NO3S. The molecule has 1 amide bonds. The predicted molar refractivity (Wildman–Crippen MR) is 70.9 cm³/mol. The third kappa shape index (κ3) is 3.97. The third-order valence-corrected chi connectivity index (χ3v) is 6.02. The molecule has 2 aliphatic rings. The number of carbonyl (C=O) groups is 1. The molecule has 2 rings (SSSR count). The van der Waals surface area contributed by atoms with E-state index >= 15 is 0 Å². The summed E-state index contributed by atoms with van der Waals surface area (Å²) in [7, 11) is -2.86. The minimum Gasteiger partial charge on any atom is -0.353 e. The molecule has 104 valence electrons. The first-order valence-electron chi connectivity index (χ1n) is 6.94. The molecule has 0 radical (unpaired) electrons. The van der Waals surface area contributed by atoms with Crippen LogP contribution in [0.25, 0.3) is 0 Å². The second-order valence-corrected chi connectivity index (χ2v) is 8.23. The van der Waals surface area contributed by atoms with Gasteiger partial charge in [0.05, 0.1) is 11.5 Å². The maximum absolute atomic E-state index is 11.9. The van der Waals surface area contributed by atoms with Crippen molar-refractivity contribution in [3.05, 3.63) is 0 Å². The van der Waals surface area contributed by atoms with Gasteiger partial charge in [0, 0.05) is 12.5 Å². The summed E-state index contributed by atoms with van der Waals surface area (Å²) in [5.41, 5.74) is 0. The molecule has 1 saturated heterocycles. The summed E-state index contributed by atoms with van der Waals surface area (Å²) >= 11 is 0. The monoisotopic (exact) mass is 273 g/mol. The Labute approximate surface area is 109 Å². The highest BCUT2D eigenvalue weighted by Crippen LogP contribution is 2.25. The minimum atomic E-state index is -2.86. The van der Waals surface area contributed by atoms with Crippen molar-refractivity contribution in [2.45, 2.75) is 51.5 Å². The Morgan fingerprint density at radius 2 is 1.83 bits per heavy atom. The Balaban J connectivity index is 1.73. The number of rotatable bonds is 3. The average Bonchev–Trinajstić information content (AvgIpc) is 2.61. The largest absolute Gasteiger partial charge is 0.353 e. The fourth-order valence-corrected chi connectivity index (χ4v) is 4.85. The van der Waals surface area contributed by atoms with Crippen molar-refractivity contribution in [1.82, 2.24) is 5.32 Å². The molecule has 1 aliphatic carbocycles. The van der Waals surface area contributed by atoms with E-state index in [2.05, 4.69) is 12.2 Å². The van der Waals surface area contributed by atoms with Crippen LogP contribution in [0.1, 0.15) is 45.4 Å². The van der Waals surface area contributed by atoms with E-state index in [-0.39, 0.29) is 23.3 Å². The van der Waals surface area contributed by atoms with Crippen molar-refractivity contribution in [1.29, 1.82) is 0 Å².